The molecule has 4 rings (SSSR count). The zero-order valence-electron chi connectivity index (χ0n) is 15.3. The number of amides is 1. The van der Waals surface area contributed by atoms with Gasteiger partial charge in [-0.2, -0.15) is 5.26 Å². The molecule has 0 aliphatic rings. The first-order chi connectivity index (χ1) is 14.4. The number of carbonyl (C=O) groups is 2. The highest BCUT2D eigenvalue weighted by molar-refractivity contribution is 6.37. The molecule has 2 N–H and O–H groups in total. The molecule has 1 amide bonds. The quantitative estimate of drug-likeness (QED) is 0.422. The summed E-state index contributed by atoms with van der Waals surface area (Å²) < 4.78 is 5.77. The van der Waals surface area contributed by atoms with Crippen LogP contribution in [0.2, 0.25) is 10.0 Å². The van der Waals surface area contributed by atoms with Crippen molar-refractivity contribution in [1.82, 2.24) is 0 Å². The molecular weight excluding hydrogens is 423 g/mol. The van der Waals surface area contributed by atoms with Gasteiger partial charge < -0.3 is 10.2 Å². The van der Waals surface area contributed by atoms with Gasteiger partial charge in [0.05, 0.1) is 22.2 Å². The summed E-state index contributed by atoms with van der Waals surface area (Å²) in [6.07, 6.45) is 0. The Morgan fingerprint density at radius 2 is 1.73 bits per heavy atom. The van der Waals surface area contributed by atoms with Crippen LogP contribution in [-0.4, -0.2) is 11.7 Å². The van der Waals surface area contributed by atoms with Gasteiger partial charge in [0.2, 0.25) is 5.78 Å². The van der Waals surface area contributed by atoms with Gasteiger partial charge in [-0.3, -0.25) is 9.59 Å². The summed E-state index contributed by atoms with van der Waals surface area (Å²) in [4.78, 5) is 25.2. The lowest BCUT2D eigenvalue weighted by atomic mass is 10.00. The van der Waals surface area contributed by atoms with Gasteiger partial charge in [0, 0.05) is 16.0 Å². The Morgan fingerprint density at radius 1 is 0.967 bits per heavy atom. The van der Waals surface area contributed by atoms with Gasteiger partial charge in [-0.15, -0.1) is 0 Å². The Morgan fingerprint density at radius 3 is 2.43 bits per heavy atom. The third-order valence-electron chi connectivity index (χ3n) is 4.64. The van der Waals surface area contributed by atoms with Gasteiger partial charge in [0.1, 0.15) is 5.58 Å². The normalized spacial score (nSPS) is 10.7. The fraction of sp³-hybridized carbons (Fsp3) is 0. The molecule has 0 aliphatic carbocycles. The van der Waals surface area contributed by atoms with E-state index in [1.165, 1.54) is 18.2 Å². The van der Waals surface area contributed by atoms with Crippen LogP contribution in [0.25, 0.3) is 22.1 Å². The van der Waals surface area contributed by atoms with E-state index in [2.05, 4.69) is 6.07 Å². The Kier molecular flexibility index (Phi) is 5.04. The summed E-state index contributed by atoms with van der Waals surface area (Å²) in [5, 5.41) is 10.0. The van der Waals surface area contributed by atoms with Crippen molar-refractivity contribution in [2.24, 2.45) is 5.73 Å². The van der Waals surface area contributed by atoms with Gasteiger partial charge in [-0.1, -0.05) is 41.4 Å². The molecule has 0 bridgehead atoms. The summed E-state index contributed by atoms with van der Waals surface area (Å²) in [5.74, 6) is -1.55. The minimum absolute atomic E-state index is 0.0154. The number of hydrogen-bond donors (Lipinski definition) is 1. The van der Waals surface area contributed by atoms with Crippen LogP contribution in [0.1, 0.15) is 32.0 Å². The van der Waals surface area contributed by atoms with Crippen molar-refractivity contribution in [2.75, 3.05) is 0 Å². The molecule has 0 atom stereocenters. The van der Waals surface area contributed by atoms with E-state index in [0.717, 1.165) is 11.1 Å². The van der Waals surface area contributed by atoms with Gasteiger partial charge in [0.25, 0.3) is 5.91 Å². The maximum Gasteiger partial charge on any atom is 0.253 e. The second kappa shape index (κ2) is 7.68. The molecule has 0 aliphatic heterocycles. The number of furan rings is 1. The molecule has 0 fully saturated rings. The number of nitriles is 1. The highest BCUT2D eigenvalue weighted by Crippen LogP contribution is 2.33. The second-order valence-electron chi connectivity index (χ2n) is 6.53. The number of fused-ring (bicyclic) bond motifs is 1. The second-order valence-corrected chi connectivity index (χ2v) is 7.37. The van der Waals surface area contributed by atoms with E-state index in [4.69, 9.17) is 38.6 Å². The van der Waals surface area contributed by atoms with E-state index in [-0.39, 0.29) is 21.9 Å². The molecule has 146 valence electrons. The number of rotatable bonds is 4. The number of nitrogens with two attached hydrogens (primary N) is 1. The molecule has 1 aromatic heterocycles. The summed E-state index contributed by atoms with van der Waals surface area (Å²) in [6.45, 7) is 0. The molecule has 0 unspecified atom stereocenters. The first-order valence-corrected chi connectivity index (χ1v) is 9.51. The van der Waals surface area contributed by atoms with Gasteiger partial charge in [-0.05, 0) is 53.6 Å². The fourth-order valence-corrected chi connectivity index (χ4v) is 3.74. The van der Waals surface area contributed by atoms with Crippen LogP contribution in [0.4, 0.5) is 0 Å². The minimum atomic E-state index is -0.790. The van der Waals surface area contributed by atoms with Crippen LogP contribution >= 0.6 is 23.2 Å². The summed E-state index contributed by atoms with van der Waals surface area (Å²) >= 11 is 12.0. The van der Waals surface area contributed by atoms with Crippen molar-refractivity contribution in [3.63, 3.8) is 0 Å². The Hall–Kier alpha value is -3.59. The number of ketones is 1. The van der Waals surface area contributed by atoms with Gasteiger partial charge >= 0.3 is 0 Å². The van der Waals surface area contributed by atoms with Crippen LogP contribution in [0.5, 0.6) is 0 Å². The average Bonchev–Trinajstić information content (AvgIpc) is 3.12. The van der Waals surface area contributed by atoms with Crippen LogP contribution in [-0.2, 0) is 0 Å². The van der Waals surface area contributed by atoms with Crippen LogP contribution < -0.4 is 5.73 Å². The number of nitrogens with zero attached hydrogens (tertiary/aromatic N) is 1. The Bertz CT molecular complexity index is 1380. The molecule has 3 aromatic carbocycles. The maximum absolute atomic E-state index is 13.0. The first-order valence-electron chi connectivity index (χ1n) is 8.75. The monoisotopic (exact) mass is 434 g/mol. The number of primary amides is 1. The predicted octanol–water partition coefficient (Wildman–Crippen LogP) is 5.61. The molecule has 0 saturated carbocycles. The summed E-state index contributed by atoms with van der Waals surface area (Å²) in [7, 11) is 0. The largest absolute Gasteiger partial charge is 0.452 e. The standard InChI is InChI=1S/C23H12Cl2N2O3/c24-15-5-7-16(18(25)10-15)21(28)22-20(23(27)29)17-6-4-14(9-19(17)30-22)13-3-1-2-12(8-13)11-26/h1-10H,(H2,27,29). The van der Waals surface area contributed by atoms with E-state index in [0.29, 0.717) is 21.6 Å². The average molecular weight is 435 g/mol. The van der Waals surface area contributed by atoms with Crippen LogP contribution in [0, 0.1) is 11.3 Å². The maximum atomic E-state index is 13.0. The van der Waals surface area contributed by atoms with Crippen molar-refractivity contribution in [3.05, 3.63) is 93.2 Å². The molecular formula is C23H12Cl2N2O3. The molecule has 0 saturated heterocycles. The lowest BCUT2D eigenvalue weighted by molar-refractivity contribution is 0.0969. The first kappa shape index (κ1) is 19.7. The van der Waals surface area contributed by atoms with E-state index in [1.54, 1.807) is 36.4 Å². The van der Waals surface area contributed by atoms with E-state index in [9.17, 15) is 9.59 Å². The van der Waals surface area contributed by atoms with Gasteiger partial charge in [-0.25, -0.2) is 0 Å². The van der Waals surface area contributed by atoms with E-state index >= 15 is 0 Å². The molecule has 0 radical (unpaired) electrons. The van der Waals surface area contributed by atoms with Crippen molar-refractivity contribution >= 4 is 45.9 Å². The van der Waals surface area contributed by atoms with Crippen molar-refractivity contribution in [2.45, 2.75) is 0 Å². The zero-order valence-corrected chi connectivity index (χ0v) is 16.8. The molecule has 1 heterocycles. The van der Waals surface area contributed by atoms with Crippen molar-refractivity contribution < 1.29 is 14.0 Å². The molecule has 7 heteroatoms. The number of hydrogen-bond acceptors (Lipinski definition) is 4. The third-order valence-corrected chi connectivity index (χ3v) is 5.19. The minimum Gasteiger partial charge on any atom is -0.452 e. The zero-order chi connectivity index (χ0) is 21.4. The lowest BCUT2D eigenvalue weighted by Crippen LogP contribution is -2.15. The molecule has 30 heavy (non-hydrogen) atoms. The van der Waals surface area contributed by atoms with E-state index < -0.39 is 11.7 Å². The Labute approximate surface area is 181 Å². The molecule has 5 nitrogen and oxygen atoms in total. The highest BCUT2D eigenvalue weighted by Gasteiger charge is 2.26. The van der Waals surface area contributed by atoms with Gasteiger partial charge in [0.15, 0.2) is 5.76 Å². The third kappa shape index (κ3) is 3.43. The molecule has 0 spiro atoms. The lowest BCUT2D eigenvalue weighted by Gasteiger charge is -2.03. The topological polar surface area (TPSA) is 97.1 Å². The van der Waals surface area contributed by atoms with Crippen LogP contribution in [0.3, 0.4) is 0 Å². The highest BCUT2D eigenvalue weighted by atomic mass is 35.5. The number of benzene rings is 3. The van der Waals surface area contributed by atoms with Crippen molar-refractivity contribution in [3.8, 4) is 17.2 Å². The van der Waals surface area contributed by atoms with E-state index in [1.807, 2.05) is 6.07 Å². The number of carbonyl (C=O) groups excluding carboxylic acids is 2. The summed E-state index contributed by atoms with van der Waals surface area (Å²) in [5.41, 5.74) is 8.06. The smallest absolute Gasteiger partial charge is 0.253 e. The number of halogens is 2. The fourth-order valence-electron chi connectivity index (χ4n) is 3.24. The van der Waals surface area contributed by atoms with Crippen molar-refractivity contribution in [1.29, 1.82) is 5.26 Å². The SMILES string of the molecule is N#Cc1cccc(-c2ccc3c(C(N)=O)c(C(=O)c4ccc(Cl)cc4Cl)oc3c2)c1. The summed E-state index contributed by atoms with van der Waals surface area (Å²) in [6, 6.07) is 18.7. The predicted molar refractivity (Wildman–Crippen MR) is 115 cm³/mol. The molecule has 4 aromatic rings. The van der Waals surface area contributed by atoms with Crippen LogP contribution in [0.15, 0.2) is 65.1 Å². The Balaban J connectivity index is 1.88.